The van der Waals surface area contributed by atoms with Crippen molar-refractivity contribution in [1.29, 1.82) is 0 Å². The summed E-state index contributed by atoms with van der Waals surface area (Å²) in [6, 6.07) is 71.8. The van der Waals surface area contributed by atoms with Crippen LogP contribution < -0.4 is 5.46 Å². The number of benzene rings is 11. The van der Waals surface area contributed by atoms with Crippen LogP contribution in [0.5, 0.6) is 0 Å². The van der Waals surface area contributed by atoms with Crippen LogP contribution in [0.15, 0.2) is 239 Å². The van der Waals surface area contributed by atoms with E-state index in [4.69, 9.17) is 13.3 Å². The maximum absolute atomic E-state index is 9.24. The Morgan fingerprint density at radius 3 is 1.25 bits per heavy atom. The fourth-order valence-electron chi connectivity index (χ4n) is 9.10. The summed E-state index contributed by atoms with van der Waals surface area (Å²) in [5, 5.41) is 32.6. The second-order valence-electron chi connectivity index (χ2n) is 16.7. The molecule has 0 unspecified atom stereocenters. The van der Waals surface area contributed by atoms with Crippen molar-refractivity contribution < 1.29 is 24.7 Å². The minimum Gasteiger partial charge on any atom is -1.00 e. The average molecular weight is 1230 g/mol. The van der Waals surface area contributed by atoms with E-state index < -0.39 is 7.12 Å². The predicted octanol–water partition coefficient (Wildman–Crippen LogP) is 18.9. The number of hydrogen-bond donors (Lipinski definition) is 2. The largest absolute Gasteiger partial charge is 1.00 e. The molecule has 0 atom stereocenters. The molecule has 2 N–H and O–H groups in total. The van der Waals surface area contributed by atoms with Gasteiger partial charge in [-0.1, -0.05) is 183 Å². The molecule has 0 radical (unpaired) electrons. The van der Waals surface area contributed by atoms with Crippen LogP contribution in [-0.4, -0.2) is 17.2 Å². The Balaban J connectivity index is 0.000000123. The molecular weight excluding hydrogens is 1190 g/mol. The molecular formula is C61H42BBr3IO5-. The van der Waals surface area contributed by atoms with Crippen molar-refractivity contribution in [2.24, 2.45) is 0 Å². The Bertz CT molecular complexity index is 4250. The molecule has 348 valence electrons. The highest BCUT2D eigenvalue weighted by atomic mass is 127. The molecule has 0 fully saturated rings. The molecule has 14 rings (SSSR count). The smallest absolute Gasteiger partial charge is 0.488 e. The lowest BCUT2D eigenvalue weighted by Crippen LogP contribution is -2.29. The third-order valence-electron chi connectivity index (χ3n) is 12.3. The van der Waals surface area contributed by atoms with Gasteiger partial charge in [0.15, 0.2) is 0 Å². The first kappa shape index (κ1) is 48.4. The number of halogens is 4. The SMILES string of the molecule is Brc1ccc2c(c1)oc1ccc3ccccc3c12.Brc1cccc(-c2ccc3c(c2)oc2ccc4ccccc4c23)c1.Brc1cccc(I)c1.C.OB(O)c1ccc2c(c1)oc1ccc3ccccc3c12.[H-]. The van der Waals surface area contributed by atoms with Crippen molar-refractivity contribution >= 4 is 181 Å². The van der Waals surface area contributed by atoms with E-state index in [0.717, 1.165) is 68.4 Å². The van der Waals surface area contributed by atoms with Crippen molar-refractivity contribution in [2.45, 2.75) is 7.43 Å². The van der Waals surface area contributed by atoms with Crippen LogP contribution in [0.1, 0.15) is 8.85 Å². The zero-order chi connectivity index (χ0) is 47.9. The highest BCUT2D eigenvalue weighted by Gasteiger charge is 2.16. The molecule has 5 nitrogen and oxygen atoms in total. The summed E-state index contributed by atoms with van der Waals surface area (Å²) in [5.74, 6) is 0. The summed E-state index contributed by atoms with van der Waals surface area (Å²) in [7, 11) is -1.48. The van der Waals surface area contributed by atoms with E-state index in [1.54, 1.807) is 12.1 Å². The van der Waals surface area contributed by atoms with Crippen LogP contribution in [0.25, 0.3) is 109 Å². The third kappa shape index (κ3) is 9.89. The molecule has 0 bridgehead atoms. The number of rotatable bonds is 2. The highest BCUT2D eigenvalue weighted by molar-refractivity contribution is 14.1. The lowest BCUT2D eigenvalue weighted by atomic mass is 9.80. The summed E-state index contributed by atoms with van der Waals surface area (Å²) in [6.45, 7) is 0. The van der Waals surface area contributed by atoms with Crippen LogP contribution in [0.2, 0.25) is 0 Å². The molecule has 0 saturated carbocycles. The van der Waals surface area contributed by atoms with Crippen molar-refractivity contribution in [2.75, 3.05) is 0 Å². The van der Waals surface area contributed by atoms with Gasteiger partial charge in [-0.25, -0.2) is 0 Å². The van der Waals surface area contributed by atoms with Gasteiger partial charge in [-0.2, -0.15) is 0 Å². The van der Waals surface area contributed by atoms with E-state index >= 15 is 0 Å². The maximum Gasteiger partial charge on any atom is 0.488 e. The summed E-state index contributed by atoms with van der Waals surface area (Å²) in [4.78, 5) is 0. The summed E-state index contributed by atoms with van der Waals surface area (Å²) in [5.41, 5.74) is 7.99. The number of furan rings is 3. The van der Waals surface area contributed by atoms with Crippen LogP contribution in [-0.2, 0) is 0 Å². The first-order chi connectivity index (χ1) is 34.1. The zero-order valence-corrected chi connectivity index (χ0v) is 43.8. The third-order valence-corrected chi connectivity index (χ3v) is 14.5. The number of hydrogen-bond acceptors (Lipinski definition) is 5. The van der Waals surface area contributed by atoms with E-state index in [0.29, 0.717) is 11.0 Å². The van der Waals surface area contributed by atoms with Crippen LogP contribution in [0.4, 0.5) is 0 Å². The van der Waals surface area contributed by atoms with Gasteiger partial charge in [-0.3, -0.25) is 0 Å². The first-order valence-electron chi connectivity index (χ1n) is 22.4. The van der Waals surface area contributed by atoms with Crippen LogP contribution >= 0.6 is 70.4 Å². The van der Waals surface area contributed by atoms with Crippen molar-refractivity contribution in [3.63, 3.8) is 0 Å². The van der Waals surface area contributed by atoms with E-state index in [9.17, 15) is 10.0 Å². The first-order valence-corrected chi connectivity index (χ1v) is 25.8. The molecule has 11 aromatic carbocycles. The van der Waals surface area contributed by atoms with E-state index in [1.165, 1.54) is 52.2 Å². The van der Waals surface area contributed by atoms with E-state index in [2.05, 4.69) is 210 Å². The molecule has 0 aliphatic heterocycles. The highest BCUT2D eigenvalue weighted by Crippen LogP contribution is 2.38. The van der Waals surface area contributed by atoms with Crippen LogP contribution in [0.3, 0.4) is 0 Å². The predicted molar refractivity (Wildman–Crippen MR) is 319 cm³/mol. The van der Waals surface area contributed by atoms with E-state index in [-0.39, 0.29) is 8.85 Å². The quantitative estimate of drug-likeness (QED) is 0.133. The molecule has 71 heavy (non-hydrogen) atoms. The van der Waals surface area contributed by atoms with Gasteiger partial charge in [0.05, 0.1) is 0 Å². The van der Waals surface area contributed by atoms with Gasteiger partial charge >= 0.3 is 7.12 Å². The van der Waals surface area contributed by atoms with Crippen molar-refractivity contribution in [3.05, 3.63) is 229 Å². The molecule has 10 heteroatoms. The van der Waals surface area contributed by atoms with Gasteiger partial charge in [0.2, 0.25) is 0 Å². The lowest BCUT2D eigenvalue weighted by molar-refractivity contribution is 0.425. The average Bonchev–Trinajstić information content (AvgIpc) is 4.08. The monoisotopic (exact) mass is 1230 g/mol. The second kappa shape index (κ2) is 20.8. The fourth-order valence-corrected chi connectivity index (χ4v) is 11.2. The second-order valence-corrected chi connectivity index (χ2v) is 20.7. The minimum atomic E-state index is -1.48. The molecule has 0 saturated heterocycles. The molecule has 0 spiro atoms. The normalized spacial score (nSPS) is 11.1. The Morgan fingerprint density at radius 1 is 0.352 bits per heavy atom. The van der Waals surface area contributed by atoms with Gasteiger partial charge in [0, 0.05) is 49.3 Å². The Kier molecular flexibility index (Phi) is 14.2. The summed E-state index contributed by atoms with van der Waals surface area (Å²) < 4.78 is 22.4. The van der Waals surface area contributed by atoms with Crippen molar-refractivity contribution in [3.8, 4) is 11.1 Å². The van der Waals surface area contributed by atoms with Gasteiger partial charge in [0.25, 0.3) is 0 Å². The molecule has 3 aromatic heterocycles. The molecule has 0 aliphatic rings. The summed E-state index contributed by atoms with van der Waals surface area (Å²) in [6.07, 6.45) is 0. The molecule has 14 aromatic rings. The summed E-state index contributed by atoms with van der Waals surface area (Å²) >= 11 is 12.7. The standard InChI is InChI=1S/C22H13BrO.C16H11BO3.C16H9BrO.C6H4BrI.CH4.H/c23-17-6-3-5-15(12-17)16-8-10-19-21(13-16)24-20-11-9-14-4-1-2-7-18(14)22(19)20;18-17(19)11-6-7-13-15(9-11)20-14-8-5-10-3-1-2-4-12(10)16(13)14;17-11-6-7-13-15(9-11)18-14-8-5-10-3-1-2-4-12(10)16(13)14;7-5-2-1-3-6(8)4-5;;/h1-13H;1-9,18-19H;1-9H;1-4H;1H4;/q;;;;;-1. The topological polar surface area (TPSA) is 79.9 Å². The van der Waals surface area contributed by atoms with E-state index in [1.807, 2.05) is 60.7 Å². The van der Waals surface area contributed by atoms with Crippen molar-refractivity contribution in [1.82, 2.24) is 0 Å². The Morgan fingerprint density at radius 2 is 0.775 bits per heavy atom. The number of fused-ring (bicyclic) bond motifs is 15. The van der Waals surface area contributed by atoms with Gasteiger partial charge in [-0.05, 0) is 156 Å². The zero-order valence-electron chi connectivity index (χ0n) is 37.9. The Hall–Kier alpha value is -6.25. The van der Waals surface area contributed by atoms with Gasteiger partial charge in [0.1, 0.15) is 33.5 Å². The molecule has 0 aliphatic carbocycles. The van der Waals surface area contributed by atoms with Gasteiger partial charge < -0.3 is 24.7 Å². The molecule has 0 amide bonds. The maximum atomic E-state index is 9.24. The minimum absolute atomic E-state index is 0. The van der Waals surface area contributed by atoms with Gasteiger partial charge in [-0.15, -0.1) is 0 Å². The lowest BCUT2D eigenvalue weighted by Gasteiger charge is -2.02. The molecule has 3 heterocycles. The van der Waals surface area contributed by atoms with Crippen LogP contribution in [0, 0.1) is 3.57 Å². The fraction of sp³-hybridized carbons (Fsp3) is 0.0164. The Labute approximate surface area is 449 Å².